The number of hydrogen-bond donors (Lipinski definition) is 2. The minimum Gasteiger partial charge on any atom is -0.489 e. The van der Waals surface area contributed by atoms with Gasteiger partial charge in [0.05, 0.1) is 13.0 Å². The van der Waals surface area contributed by atoms with E-state index in [0.717, 1.165) is 34.4 Å². The minimum absolute atomic E-state index is 0.0593. The van der Waals surface area contributed by atoms with Crippen molar-refractivity contribution in [3.63, 3.8) is 0 Å². The number of carbonyl (C=O) groups is 1. The molecule has 0 saturated carbocycles. The van der Waals surface area contributed by atoms with Gasteiger partial charge in [-0.25, -0.2) is 0 Å². The predicted molar refractivity (Wildman–Crippen MR) is 95.0 cm³/mol. The number of aliphatic hydroxyl groups is 1. The number of aryl methyl sites for hydroxylation is 2. The zero-order chi connectivity index (χ0) is 17.5. The van der Waals surface area contributed by atoms with Crippen molar-refractivity contribution in [2.75, 3.05) is 7.05 Å². The van der Waals surface area contributed by atoms with Gasteiger partial charge in [0.2, 0.25) is 5.91 Å². The average molecular weight is 327 g/mol. The normalized spacial score (nSPS) is 10.5. The maximum absolute atomic E-state index is 11.7. The maximum atomic E-state index is 11.7. The Kier molecular flexibility index (Phi) is 6.38. The van der Waals surface area contributed by atoms with Crippen molar-refractivity contribution >= 4 is 5.91 Å². The smallest absolute Gasteiger partial charge is 0.224 e. The first-order chi connectivity index (χ1) is 11.6. The number of amides is 1. The largest absolute Gasteiger partial charge is 0.489 e. The van der Waals surface area contributed by atoms with E-state index in [-0.39, 0.29) is 18.9 Å². The molecule has 0 heterocycles. The number of benzene rings is 2. The summed E-state index contributed by atoms with van der Waals surface area (Å²) in [5.74, 6) is 0.789. The van der Waals surface area contributed by atoms with E-state index in [2.05, 4.69) is 25.2 Å². The molecule has 0 saturated heterocycles. The monoisotopic (exact) mass is 327 g/mol. The van der Waals surface area contributed by atoms with Crippen molar-refractivity contribution in [3.05, 3.63) is 64.2 Å². The van der Waals surface area contributed by atoms with Crippen LogP contribution < -0.4 is 10.1 Å². The highest BCUT2D eigenvalue weighted by Crippen LogP contribution is 2.24. The summed E-state index contributed by atoms with van der Waals surface area (Å²) in [6.07, 6.45) is 1.17. The van der Waals surface area contributed by atoms with Gasteiger partial charge in [-0.2, -0.15) is 0 Å². The fourth-order valence-electron chi connectivity index (χ4n) is 2.72. The molecule has 0 atom stereocenters. The Morgan fingerprint density at radius 2 is 1.92 bits per heavy atom. The van der Waals surface area contributed by atoms with Crippen molar-refractivity contribution in [1.29, 1.82) is 0 Å². The molecule has 2 N–H and O–H groups in total. The van der Waals surface area contributed by atoms with Crippen molar-refractivity contribution < 1.29 is 14.6 Å². The number of likely N-dealkylation sites (N-methyl/N-ethyl adjacent to an activating group) is 1. The number of rotatable bonds is 7. The first kappa shape index (κ1) is 18.0. The van der Waals surface area contributed by atoms with E-state index in [4.69, 9.17) is 4.74 Å². The van der Waals surface area contributed by atoms with Crippen LogP contribution >= 0.6 is 0 Å². The highest BCUT2D eigenvalue weighted by molar-refractivity contribution is 5.78. The fourth-order valence-corrected chi connectivity index (χ4v) is 2.72. The molecule has 2 rings (SSSR count). The van der Waals surface area contributed by atoms with Crippen LogP contribution in [0.4, 0.5) is 0 Å². The van der Waals surface area contributed by atoms with Gasteiger partial charge >= 0.3 is 0 Å². The number of aliphatic hydroxyl groups excluding tert-OH is 1. The second-order valence-corrected chi connectivity index (χ2v) is 5.82. The van der Waals surface area contributed by atoms with Crippen LogP contribution in [-0.2, 0) is 30.8 Å². The van der Waals surface area contributed by atoms with E-state index in [1.807, 2.05) is 30.3 Å². The molecule has 0 radical (unpaired) electrons. The molecule has 0 aromatic heterocycles. The zero-order valence-electron chi connectivity index (χ0n) is 14.6. The van der Waals surface area contributed by atoms with E-state index < -0.39 is 0 Å². The van der Waals surface area contributed by atoms with Gasteiger partial charge in [-0.05, 0) is 41.7 Å². The van der Waals surface area contributed by atoms with Gasteiger partial charge < -0.3 is 15.2 Å². The second kappa shape index (κ2) is 8.50. The Bertz CT molecular complexity index is 710. The van der Waals surface area contributed by atoms with Gasteiger partial charge in [-0.1, -0.05) is 42.8 Å². The number of carbonyl (C=O) groups excluding carboxylic acids is 1. The van der Waals surface area contributed by atoms with E-state index in [0.29, 0.717) is 6.61 Å². The molecule has 24 heavy (non-hydrogen) atoms. The van der Waals surface area contributed by atoms with Crippen LogP contribution in [0.2, 0.25) is 0 Å². The molecule has 0 bridgehead atoms. The lowest BCUT2D eigenvalue weighted by Gasteiger charge is -2.16. The Morgan fingerprint density at radius 1 is 1.17 bits per heavy atom. The van der Waals surface area contributed by atoms with Crippen LogP contribution in [0.5, 0.6) is 5.75 Å². The third-order valence-corrected chi connectivity index (χ3v) is 4.14. The van der Waals surface area contributed by atoms with Crippen molar-refractivity contribution in [1.82, 2.24) is 5.32 Å². The summed E-state index contributed by atoms with van der Waals surface area (Å²) in [7, 11) is 1.62. The van der Waals surface area contributed by atoms with Crippen LogP contribution in [-0.4, -0.2) is 18.1 Å². The molecule has 2 aromatic rings. The third-order valence-electron chi connectivity index (χ3n) is 4.14. The Balaban J connectivity index is 2.26. The first-order valence-electron chi connectivity index (χ1n) is 8.22. The average Bonchev–Trinajstić information content (AvgIpc) is 2.60. The van der Waals surface area contributed by atoms with E-state index >= 15 is 0 Å². The third kappa shape index (κ3) is 4.36. The lowest BCUT2D eigenvalue weighted by molar-refractivity contribution is -0.119. The topological polar surface area (TPSA) is 58.6 Å². The van der Waals surface area contributed by atoms with Crippen molar-refractivity contribution in [2.45, 2.75) is 39.9 Å². The lowest BCUT2D eigenvalue weighted by Crippen LogP contribution is -2.21. The molecular formula is C20H25NO3. The molecule has 0 aliphatic carbocycles. The quantitative estimate of drug-likeness (QED) is 0.822. The molecule has 0 aliphatic rings. The molecule has 2 aromatic carbocycles. The summed E-state index contributed by atoms with van der Waals surface area (Å²) in [5, 5.41) is 12.2. The summed E-state index contributed by atoms with van der Waals surface area (Å²) in [6.45, 7) is 4.42. The predicted octanol–water partition coefficient (Wildman–Crippen LogP) is 2.92. The standard InChI is InChI=1S/C20H25NO3/c1-4-15-10-14(2)8-9-19(15)24-13-18-16(11-20(23)21-3)6-5-7-17(18)12-22/h5-10,22H,4,11-13H2,1-3H3,(H,21,23). The van der Waals surface area contributed by atoms with Crippen LogP contribution in [0.25, 0.3) is 0 Å². The summed E-state index contributed by atoms with van der Waals surface area (Å²) in [4.78, 5) is 11.7. The summed E-state index contributed by atoms with van der Waals surface area (Å²) in [6, 6.07) is 11.8. The number of ether oxygens (including phenoxy) is 1. The molecule has 0 spiro atoms. The van der Waals surface area contributed by atoms with Crippen LogP contribution in [0, 0.1) is 6.92 Å². The van der Waals surface area contributed by atoms with Gasteiger partial charge in [-0.15, -0.1) is 0 Å². The Labute approximate surface area is 143 Å². The van der Waals surface area contributed by atoms with E-state index in [1.165, 1.54) is 5.56 Å². The maximum Gasteiger partial charge on any atom is 0.224 e. The number of hydrogen-bond acceptors (Lipinski definition) is 3. The van der Waals surface area contributed by atoms with E-state index in [1.54, 1.807) is 7.05 Å². The van der Waals surface area contributed by atoms with Crippen LogP contribution in [0.15, 0.2) is 36.4 Å². The summed E-state index contributed by atoms with van der Waals surface area (Å²) in [5.41, 5.74) is 4.92. The molecule has 128 valence electrons. The van der Waals surface area contributed by atoms with Gasteiger partial charge in [-0.3, -0.25) is 4.79 Å². The molecular weight excluding hydrogens is 302 g/mol. The SMILES string of the molecule is CCc1cc(C)ccc1OCc1c(CO)cccc1CC(=O)NC. The molecule has 1 amide bonds. The van der Waals surface area contributed by atoms with E-state index in [9.17, 15) is 9.90 Å². The Hall–Kier alpha value is -2.33. The lowest BCUT2D eigenvalue weighted by atomic mass is 9.99. The number of nitrogens with one attached hydrogen (secondary N) is 1. The molecule has 0 fully saturated rings. The first-order valence-corrected chi connectivity index (χ1v) is 8.22. The van der Waals surface area contributed by atoms with Gasteiger partial charge in [0, 0.05) is 7.05 Å². The van der Waals surface area contributed by atoms with Crippen molar-refractivity contribution in [3.8, 4) is 5.75 Å². The van der Waals surface area contributed by atoms with Crippen molar-refractivity contribution in [2.24, 2.45) is 0 Å². The van der Waals surface area contributed by atoms with Crippen LogP contribution in [0.1, 0.15) is 34.7 Å². The highest BCUT2D eigenvalue weighted by atomic mass is 16.5. The molecule has 4 nitrogen and oxygen atoms in total. The fraction of sp³-hybridized carbons (Fsp3) is 0.350. The molecule has 4 heteroatoms. The molecule has 0 aliphatic heterocycles. The summed E-state index contributed by atoms with van der Waals surface area (Å²) < 4.78 is 6.02. The second-order valence-electron chi connectivity index (χ2n) is 5.82. The summed E-state index contributed by atoms with van der Waals surface area (Å²) >= 11 is 0. The zero-order valence-corrected chi connectivity index (χ0v) is 14.6. The minimum atomic E-state index is -0.0746. The van der Waals surface area contributed by atoms with Gasteiger partial charge in [0.15, 0.2) is 0 Å². The Morgan fingerprint density at radius 3 is 2.58 bits per heavy atom. The molecule has 0 unspecified atom stereocenters. The van der Waals surface area contributed by atoms with Gasteiger partial charge in [0.1, 0.15) is 12.4 Å². The highest BCUT2D eigenvalue weighted by Gasteiger charge is 2.12. The van der Waals surface area contributed by atoms with Crippen LogP contribution in [0.3, 0.4) is 0 Å². The van der Waals surface area contributed by atoms with Gasteiger partial charge in [0.25, 0.3) is 0 Å².